The van der Waals surface area contributed by atoms with Crippen molar-refractivity contribution in [3.8, 4) is 0 Å². The number of likely N-dealkylation sites (tertiary alicyclic amines) is 1. The largest absolute Gasteiger partial charge is 0.373 e. The third kappa shape index (κ3) is 5.10. The molecule has 0 aliphatic carbocycles. The van der Waals surface area contributed by atoms with Crippen LogP contribution in [0.25, 0.3) is 0 Å². The third-order valence-corrected chi connectivity index (χ3v) is 9.08. The summed E-state index contributed by atoms with van der Waals surface area (Å²) in [5, 5.41) is 6.33. The number of aryl methyl sites for hydroxylation is 1. The molecule has 0 radical (unpaired) electrons. The standard InChI is InChI=1S/C33H37FN4O2/c1-22-7-9-23(10-8-22)17-29(36-31(39)28-19-24-11-12-26(34)18-25(24)20-35-28)32(40)38-15-13-33(14-16-38)21-37(2)30-6-4-3-5-27(30)33/h3-12,18,28-29,35H,13-17,19-21H2,1-2H3,(H,36,39)/t28-,29+/m0/s1. The maximum atomic E-state index is 14.0. The van der Waals surface area contributed by atoms with E-state index in [9.17, 15) is 14.0 Å². The van der Waals surface area contributed by atoms with E-state index in [1.165, 1.54) is 23.4 Å². The monoisotopic (exact) mass is 540 g/mol. The maximum absolute atomic E-state index is 14.0. The van der Waals surface area contributed by atoms with Gasteiger partial charge < -0.3 is 20.4 Å². The molecule has 3 aliphatic rings. The van der Waals surface area contributed by atoms with E-state index in [-0.39, 0.29) is 23.0 Å². The molecule has 0 unspecified atom stereocenters. The van der Waals surface area contributed by atoms with Crippen molar-refractivity contribution in [2.45, 2.75) is 56.7 Å². The molecule has 2 N–H and O–H groups in total. The van der Waals surface area contributed by atoms with Crippen LogP contribution >= 0.6 is 0 Å². The molecule has 7 heteroatoms. The number of piperidine rings is 1. The molecule has 1 saturated heterocycles. The first-order valence-electron chi connectivity index (χ1n) is 14.3. The number of para-hydroxylation sites is 1. The number of halogens is 1. The van der Waals surface area contributed by atoms with Crippen LogP contribution in [0.15, 0.2) is 66.7 Å². The topological polar surface area (TPSA) is 64.7 Å². The van der Waals surface area contributed by atoms with Crippen LogP contribution in [0.3, 0.4) is 0 Å². The first kappa shape index (κ1) is 26.5. The second-order valence-electron chi connectivity index (χ2n) is 11.8. The van der Waals surface area contributed by atoms with Crippen LogP contribution in [-0.4, -0.2) is 55.5 Å². The van der Waals surface area contributed by atoms with Gasteiger partial charge in [0.05, 0.1) is 6.04 Å². The number of anilines is 1. The van der Waals surface area contributed by atoms with Crippen molar-refractivity contribution in [3.05, 3.63) is 100 Å². The van der Waals surface area contributed by atoms with Crippen LogP contribution in [0.1, 0.15) is 40.7 Å². The van der Waals surface area contributed by atoms with Gasteiger partial charge in [-0.1, -0.05) is 54.1 Å². The zero-order chi connectivity index (χ0) is 27.9. The smallest absolute Gasteiger partial charge is 0.245 e. The second-order valence-corrected chi connectivity index (χ2v) is 11.8. The number of benzene rings is 3. The fourth-order valence-electron chi connectivity index (χ4n) is 6.78. The molecule has 3 aliphatic heterocycles. The first-order chi connectivity index (χ1) is 19.3. The summed E-state index contributed by atoms with van der Waals surface area (Å²) >= 11 is 0. The molecule has 0 saturated carbocycles. The van der Waals surface area contributed by atoms with E-state index in [1.807, 2.05) is 36.1 Å². The van der Waals surface area contributed by atoms with Gasteiger partial charge in [0.15, 0.2) is 0 Å². The Bertz CT molecular complexity index is 1410. The van der Waals surface area contributed by atoms with Crippen molar-refractivity contribution < 1.29 is 14.0 Å². The van der Waals surface area contributed by atoms with Gasteiger partial charge in [0.25, 0.3) is 0 Å². The Balaban J connectivity index is 1.17. The molecular formula is C33H37FN4O2. The van der Waals surface area contributed by atoms with E-state index in [1.54, 1.807) is 6.07 Å². The van der Waals surface area contributed by atoms with E-state index in [4.69, 9.17) is 0 Å². The van der Waals surface area contributed by atoms with Gasteiger partial charge in [-0.05, 0) is 66.6 Å². The van der Waals surface area contributed by atoms with Crippen LogP contribution in [0.2, 0.25) is 0 Å². The summed E-state index contributed by atoms with van der Waals surface area (Å²) in [6.07, 6.45) is 2.71. The van der Waals surface area contributed by atoms with E-state index < -0.39 is 12.1 Å². The lowest BCUT2D eigenvalue weighted by Gasteiger charge is -2.41. The summed E-state index contributed by atoms with van der Waals surface area (Å²) < 4.78 is 13.7. The number of hydrogen-bond acceptors (Lipinski definition) is 4. The number of likely N-dealkylation sites (N-methyl/N-ethyl adjacent to an activating group) is 1. The molecule has 0 aromatic heterocycles. The molecule has 2 amide bonds. The van der Waals surface area contributed by atoms with Gasteiger partial charge in [0.1, 0.15) is 11.9 Å². The van der Waals surface area contributed by atoms with Crippen molar-refractivity contribution in [2.75, 3.05) is 31.6 Å². The normalized spacial score (nSPS) is 20.1. The average molecular weight is 541 g/mol. The maximum Gasteiger partial charge on any atom is 0.245 e. The average Bonchev–Trinajstić information content (AvgIpc) is 3.24. The van der Waals surface area contributed by atoms with Crippen LogP contribution < -0.4 is 15.5 Å². The first-order valence-corrected chi connectivity index (χ1v) is 14.3. The number of amides is 2. The molecule has 40 heavy (non-hydrogen) atoms. The molecule has 208 valence electrons. The van der Waals surface area contributed by atoms with Crippen molar-refractivity contribution >= 4 is 17.5 Å². The summed E-state index contributed by atoms with van der Waals surface area (Å²) in [4.78, 5) is 31.7. The summed E-state index contributed by atoms with van der Waals surface area (Å²) in [6, 6.07) is 20.3. The van der Waals surface area contributed by atoms with Crippen molar-refractivity contribution in [3.63, 3.8) is 0 Å². The SMILES string of the molecule is Cc1ccc(C[C@@H](NC(=O)[C@@H]2Cc3ccc(F)cc3CN2)C(=O)N2CCC3(CC2)CN(C)c2ccccc23)cc1. The fourth-order valence-corrected chi connectivity index (χ4v) is 6.78. The lowest BCUT2D eigenvalue weighted by molar-refractivity contribution is -0.138. The zero-order valence-corrected chi connectivity index (χ0v) is 23.3. The Hall–Kier alpha value is -3.71. The van der Waals surface area contributed by atoms with Gasteiger partial charge >= 0.3 is 0 Å². The molecule has 6 rings (SSSR count). The van der Waals surface area contributed by atoms with Crippen LogP contribution in [0.4, 0.5) is 10.1 Å². The summed E-state index contributed by atoms with van der Waals surface area (Å²) in [7, 11) is 2.15. The number of carbonyl (C=O) groups excluding carboxylic acids is 2. The predicted octanol–water partition coefficient (Wildman–Crippen LogP) is 3.89. The molecule has 1 spiro atoms. The van der Waals surface area contributed by atoms with Crippen molar-refractivity contribution in [1.29, 1.82) is 0 Å². The Morgan fingerprint density at radius 2 is 1.80 bits per heavy atom. The van der Waals surface area contributed by atoms with Gasteiger partial charge in [-0.2, -0.15) is 0 Å². The number of fused-ring (bicyclic) bond motifs is 3. The highest BCUT2D eigenvalue weighted by molar-refractivity contribution is 5.90. The molecule has 2 atom stereocenters. The van der Waals surface area contributed by atoms with Crippen molar-refractivity contribution in [1.82, 2.24) is 15.5 Å². The summed E-state index contributed by atoms with van der Waals surface area (Å²) in [6.45, 7) is 4.76. The van der Waals surface area contributed by atoms with Gasteiger partial charge in [-0.25, -0.2) is 4.39 Å². The highest BCUT2D eigenvalue weighted by atomic mass is 19.1. The third-order valence-electron chi connectivity index (χ3n) is 9.08. The molecule has 3 heterocycles. The molecule has 6 nitrogen and oxygen atoms in total. The molecule has 3 aromatic rings. The second kappa shape index (κ2) is 10.7. The summed E-state index contributed by atoms with van der Waals surface area (Å²) in [5.74, 6) is -0.495. The molecule has 0 bridgehead atoms. The Labute approximate surface area is 235 Å². The van der Waals surface area contributed by atoms with Gasteiger partial charge in [-0.3, -0.25) is 9.59 Å². The molecule has 3 aromatic carbocycles. The highest BCUT2D eigenvalue weighted by Gasteiger charge is 2.44. The number of carbonyl (C=O) groups is 2. The summed E-state index contributed by atoms with van der Waals surface area (Å²) in [5.41, 5.74) is 6.74. The number of hydrogen-bond donors (Lipinski definition) is 2. The zero-order valence-electron chi connectivity index (χ0n) is 23.3. The number of nitrogens with zero attached hydrogens (tertiary/aromatic N) is 2. The number of nitrogens with one attached hydrogen (secondary N) is 2. The van der Waals surface area contributed by atoms with Crippen LogP contribution in [0.5, 0.6) is 0 Å². The Morgan fingerprint density at radius 1 is 1.05 bits per heavy atom. The fraction of sp³-hybridized carbons (Fsp3) is 0.394. The van der Waals surface area contributed by atoms with E-state index >= 15 is 0 Å². The van der Waals surface area contributed by atoms with Gasteiger partial charge in [0, 0.05) is 50.7 Å². The van der Waals surface area contributed by atoms with E-state index in [0.717, 1.165) is 41.6 Å². The number of rotatable bonds is 5. The minimum Gasteiger partial charge on any atom is -0.373 e. The lowest BCUT2D eigenvalue weighted by Crippen LogP contribution is -2.57. The van der Waals surface area contributed by atoms with Crippen molar-refractivity contribution in [2.24, 2.45) is 0 Å². The van der Waals surface area contributed by atoms with Gasteiger partial charge in [0.2, 0.25) is 11.8 Å². The minimum absolute atomic E-state index is 0.0262. The van der Waals surface area contributed by atoms with E-state index in [2.05, 4.69) is 46.8 Å². The van der Waals surface area contributed by atoms with Crippen LogP contribution in [-0.2, 0) is 34.4 Å². The highest BCUT2D eigenvalue weighted by Crippen LogP contribution is 2.46. The molecule has 1 fully saturated rings. The van der Waals surface area contributed by atoms with E-state index in [0.29, 0.717) is 32.5 Å². The minimum atomic E-state index is -0.654. The lowest BCUT2D eigenvalue weighted by atomic mass is 9.74. The van der Waals surface area contributed by atoms with Gasteiger partial charge in [-0.15, -0.1) is 0 Å². The van der Waals surface area contributed by atoms with Crippen LogP contribution in [0, 0.1) is 12.7 Å². The predicted molar refractivity (Wildman–Crippen MR) is 155 cm³/mol. The molecular weight excluding hydrogens is 503 g/mol. The Morgan fingerprint density at radius 3 is 2.58 bits per heavy atom. The quantitative estimate of drug-likeness (QED) is 0.516. The Kier molecular flexibility index (Phi) is 7.09.